The minimum Gasteiger partial charge on any atom is -0.360 e. The molecular weight excluding hydrogens is 324 g/mol. The predicted octanol–water partition coefficient (Wildman–Crippen LogP) is 1.21. The van der Waals surface area contributed by atoms with Gasteiger partial charge in [0.25, 0.3) is 0 Å². The van der Waals surface area contributed by atoms with Crippen molar-refractivity contribution in [3.05, 3.63) is 23.5 Å². The molecule has 0 unspecified atom stereocenters. The fourth-order valence-corrected chi connectivity index (χ4v) is 3.10. The largest absolute Gasteiger partial charge is 0.360 e. The zero-order valence-corrected chi connectivity index (χ0v) is 14.9. The Morgan fingerprint density at radius 1 is 1.40 bits per heavy atom. The molecule has 1 aliphatic heterocycles. The van der Waals surface area contributed by atoms with Crippen LogP contribution in [0, 0.1) is 13.8 Å². The summed E-state index contributed by atoms with van der Waals surface area (Å²) in [4.78, 5) is 20.8. The van der Waals surface area contributed by atoms with Gasteiger partial charge in [0.15, 0.2) is 11.6 Å². The van der Waals surface area contributed by atoms with Crippen LogP contribution in [0.15, 0.2) is 15.1 Å². The molecule has 25 heavy (non-hydrogen) atoms. The summed E-state index contributed by atoms with van der Waals surface area (Å²) in [5.74, 6) is 2.32. The number of likely N-dealkylation sites (N-methyl/N-ethyl adjacent to an activating group) is 1. The molecule has 9 nitrogen and oxygen atoms in total. The second-order valence-corrected chi connectivity index (χ2v) is 6.55. The van der Waals surface area contributed by atoms with Gasteiger partial charge in [-0.05, 0) is 33.4 Å². The van der Waals surface area contributed by atoms with E-state index in [1.807, 2.05) is 7.05 Å². The maximum atomic E-state index is 12.2. The van der Waals surface area contributed by atoms with E-state index in [0.717, 1.165) is 25.9 Å². The Kier molecular flexibility index (Phi) is 5.44. The van der Waals surface area contributed by atoms with Crippen molar-refractivity contribution >= 4 is 11.7 Å². The lowest BCUT2D eigenvalue weighted by molar-refractivity contribution is -0.117. The smallest absolute Gasteiger partial charge is 0.239 e. The van der Waals surface area contributed by atoms with E-state index in [0.29, 0.717) is 42.4 Å². The third-order valence-corrected chi connectivity index (χ3v) is 4.33. The van der Waals surface area contributed by atoms with Crippen LogP contribution in [-0.4, -0.2) is 63.7 Å². The van der Waals surface area contributed by atoms with Crippen molar-refractivity contribution in [3.8, 4) is 0 Å². The number of amides is 1. The molecule has 1 amide bonds. The molecule has 136 valence electrons. The molecule has 0 saturated carbocycles. The topological polar surface area (TPSA) is 101 Å². The number of aromatic nitrogens is 3. The first kappa shape index (κ1) is 17.6. The van der Waals surface area contributed by atoms with Crippen LogP contribution in [0.2, 0.25) is 0 Å². The molecule has 0 bridgehead atoms. The first-order chi connectivity index (χ1) is 12.0. The molecule has 1 fully saturated rings. The molecule has 0 spiro atoms. The zero-order valence-electron chi connectivity index (χ0n) is 14.9. The van der Waals surface area contributed by atoms with Gasteiger partial charge >= 0.3 is 0 Å². The molecule has 2 aromatic heterocycles. The summed E-state index contributed by atoms with van der Waals surface area (Å²) in [6, 6.07) is 2.01. The van der Waals surface area contributed by atoms with E-state index in [1.165, 1.54) is 0 Å². The Hall–Kier alpha value is -2.26. The molecule has 1 N–H and O–H groups in total. The van der Waals surface area contributed by atoms with Gasteiger partial charge in [-0.1, -0.05) is 10.3 Å². The van der Waals surface area contributed by atoms with Gasteiger partial charge in [0, 0.05) is 25.6 Å². The van der Waals surface area contributed by atoms with E-state index < -0.39 is 0 Å². The highest BCUT2D eigenvalue weighted by Gasteiger charge is 2.25. The van der Waals surface area contributed by atoms with Crippen LogP contribution in [0.25, 0.3) is 0 Å². The lowest BCUT2D eigenvalue weighted by Crippen LogP contribution is -2.48. The van der Waals surface area contributed by atoms with Crippen molar-refractivity contribution in [3.63, 3.8) is 0 Å². The molecule has 3 heterocycles. The number of nitrogens with one attached hydrogen (secondary N) is 1. The summed E-state index contributed by atoms with van der Waals surface area (Å²) >= 11 is 0. The number of rotatable bonds is 6. The first-order valence-corrected chi connectivity index (χ1v) is 8.44. The maximum Gasteiger partial charge on any atom is 0.239 e. The van der Waals surface area contributed by atoms with Gasteiger partial charge in [-0.2, -0.15) is 4.98 Å². The van der Waals surface area contributed by atoms with Crippen molar-refractivity contribution in [2.75, 3.05) is 32.0 Å². The molecule has 1 saturated heterocycles. The molecule has 3 rings (SSSR count). The lowest BCUT2D eigenvalue weighted by atomic mass is 10.0. The third-order valence-electron chi connectivity index (χ3n) is 4.33. The molecule has 1 atom stereocenters. The van der Waals surface area contributed by atoms with Crippen molar-refractivity contribution in [1.82, 2.24) is 25.1 Å². The van der Waals surface area contributed by atoms with E-state index in [9.17, 15) is 4.79 Å². The van der Waals surface area contributed by atoms with Crippen LogP contribution < -0.4 is 5.32 Å². The second-order valence-electron chi connectivity index (χ2n) is 6.55. The average molecular weight is 348 g/mol. The quantitative estimate of drug-likeness (QED) is 0.831. The van der Waals surface area contributed by atoms with Crippen LogP contribution in [0.3, 0.4) is 0 Å². The molecule has 9 heteroatoms. The van der Waals surface area contributed by atoms with E-state index in [4.69, 9.17) is 9.05 Å². The normalized spacial score (nSPS) is 18.6. The summed E-state index contributed by atoms with van der Waals surface area (Å²) < 4.78 is 9.98. The van der Waals surface area contributed by atoms with Gasteiger partial charge in [0.05, 0.1) is 13.1 Å². The molecule has 0 aromatic carbocycles. The summed E-state index contributed by atoms with van der Waals surface area (Å²) in [5, 5.41) is 10.5. The van der Waals surface area contributed by atoms with Crippen molar-refractivity contribution < 1.29 is 13.8 Å². The second kappa shape index (κ2) is 7.75. The summed E-state index contributed by atoms with van der Waals surface area (Å²) in [6.45, 7) is 6.44. The Balaban J connectivity index is 1.49. The highest BCUT2D eigenvalue weighted by Crippen LogP contribution is 2.16. The van der Waals surface area contributed by atoms with E-state index >= 15 is 0 Å². The minimum absolute atomic E-state index is 0.0956. The van der Waals surface area contributed by atoms with Crippen LogP contribution in [0.4, 0.5) is 5.82 Å². The summed E-state index contributed by atoms with van der Waals surface area (Å²) in [6.07, 6.45) is 2.14. The monoisotopic (exact) mass is 348 g/mol. The SMILES string of the molecule is Cc1cc(NC(=O)CN(C)[C@@H]2CCCN(Cc3noc(C)n3)C2)no1. The molecular formula is C16H24N6O3. The number of carbonyl (C=O) groups excluding carboxylic acids is 1. The molecule has 2 aromatic rings. The number of likely N-dealkylation sites (tertiary alicyclic amines) is 1. The van der Waals surface area contributed by atoms with Crippen LogP contribution >= 0.6 is 0 Å². The van der Waals surface area contributed by atoms with Gasteiger partial charge < -0.3 is 14.4 Å². The van der Waals surface area contributed by atoms with Gasteiger partial charge in [-0.3, -0.25) is 14.6 Å². The molecule has 0 aliphatic carbocycles. The number of hydrogen-bond donors (Lipinski definition) is 1. The van der Waals surface area contributed by atoms with E-state index in [1.54, 1.807) is 19.9 Å². The number of nitrogens with zero attached hydrogens (tertiary/aromatic N) is 5. The Morgan fingerprint density at radius 3 is 2.92 bits per heavy atom. The Morgan fingerprint density at radius 2 is 2.24 bits per heavy atom. The predicted molar refractivity (Wildman–Crippen MR) is 89.8 cm³/mol. The third kappa shape index (κ3) is 4.86. The lowest BCUT2D eigenvalue weighted by Gasteiger charge is -2.36. The first-order valence-electron chi connectivity index (χ1n) is 8.44. The Bertz CT molecular complexity index is 712. The van der Waals surface area contributed by atoms with Crippen LogP contribution in [0.1, 0.15) is 30.3 Å². The zero-order chi connectivity index (χ0) is 17.8. The van der Waals surface area contributed by atoms with Gasteiger partial charge in [-0.15, -0.1) is 0 Å². The van der Waals surface area contributed by atoms with Gasteiger partial charge in [0.1, 0.15) is 5.76 Å². The van der Waals surface area contributed by atoms with Crippen molar-refractivity contribution in [1.29, 1.82) is 0 Å². The van der Waals surface area contributed by atoms with E-state index in [-0.39, 0.29) is 5.91 Å². The summed E-state index contributed by atoms with van der Waals surface area (Å²) in [7, 11) is 1.97. The summed E-state index contributed by atoms with van der Waals surface area (Å²) in [5.41, 5.74) is 0. The number of carbonyl (C=O) groups is 1. The number of piperidine rings is 1. The highest BCUT2D eigenvalue weighted by molar-refractivity contribution is 5.91. The number of aryl methyl sites for hydroxylation is 2. The average Bonchev–Trinajstić information content (AvgIpc) is 3.15. The van der Waals surface area contributed by atoms with E-state index in [2.05, 4.69) is 30.4 Å². The van der Waals surface area contributed by atoms with Gasteiger partial charge in [-0.25, -0.2) is 0 Å². The minimum atomic E-state index is -0.0956. The molecule has 0 radical (unpaired) electrons. The van der Waals surface area contributed by atoms with Gasteiger partial charge in [0.2, 0.25) is 11.8 Å². The standard InChI is InChI=1S/C16H24N6O3/c1-11-7-14(19-24-11)18-16(23)10-21(3)13-5-4-6-22(8-13)9-15-17-12(2)25-20-15/h7,13H,4-6,8-10H2,1-3H3,(H,18,19,23)/t13-/m1/s1. The fraction of sp³-hybridized carbons (Fsp3) is 0.625. The van der Waals surface area contributed by atoms with Crippen molar-refractivity contribution in [2.45, 2.75) is 39.3 Å². The molecule has 1 aliphatic rings. The fourth-order valence-electron chi connectivity index (χ4n) is 3.10. The van der Waals surface area contributed by atoms with Crippen LogP contribution in [-0.2, 0) is 11.3 Å². The Labute approximate surface area is 146 Å². The maximum absolute atomic E-state index is 12.2. The number of hydrogen-bond acceptors (Lipinski definition) is 8. The highest BCUT2D eigenvalue weighted by atomic mass is 16.5. The number of anilines is 1. The van der Waals surface area contributed by atoms with Crippen LogP contribution in [0.5, 0.6) is 0 Å². The van der Waals surface area contributed by atoms with Crippen molar-refractivity contribution in [2.24, 2.45) is 0 Å².